The third-order valence-corrected chi connectivity index (χ3v) is 7.61. The third kappa shape index (κ3) is 5.44. The second kappa shape index (κ2) is 10.7. The number of rotatable bonds is 7. The molecule has 3 aromatic carbocycles. The van der Waals surface area contributed by atoms with E-state index in [-0.39, 0.29) is 11.8 Å². The first kappa shape index (κ1) is 23.7. The van der Waals surface area contributed by atoms with Crippen LogP contribution in [-0.2, 0) is 24.4 Å². The number of hydrogen-bond acceptors (Lipinski definition) is 2. The Balaban J connectivity index is 1.23. The Morgan fingerprint density at radius 2 is 1.60 bits per heavy atom. The molecule has 180 valence electrons. The van der Waals surface area contributed by atoms with Crippen LogP contribution in [0.3, 0.4) is 0 Å². The lowest BCUT2D eigenvalue weighted by Gasteiger charge is -2.31. The first-order valence-corrected chi connectivity index (χ1v) is 12.8. The standard InChI is InChI=1S/C30H32ClN3O/c1-22-8-2-3-10-25(22)19-32-30(35)23-14-16-33(17-15-23)21-27-18-24-9-5-7-13-29(24)34(27)20-26-11-4-6-12-28(26)31/h2-13,18,23H,14-17,19-21H2,1H3,(H,32,35). The van der Waals surface area contributed by atoms with Gasteiger partial charge >= 0.3 is 0 Å². The van der Waals surface area contributed by atoms with Crippen molar-refractivity contribution in [3.63, 3.8) is 0 Å². The molecular weight excluding hydrogens is 454 g/mol. The fourth-order valence-corrected chi connectivity index (χ4v) is 5.30. The Labute approximate surface area is 212 Å². The van der Waals surface area contributed by atoms with E-state index in [0.717, 1.165) is 49.6 Å². The van der Waals surface area contributed by atoms with Crippen molar-refractivity contribution in [1.82, 2.24) is 14.8 Å². The highest BCUT2D eigenvalue weighted by Gasteiger charge is 2.25. The molecule has 1 aliphatic heterocycles. The van der Waals surface area contributed by atoms with Gasteiger partial charge in [-0.15, -0.1) is 0 Å². The molecule has 4 nitrogen and oxygen atoms in total. The van der Waals surface area contributed by atoms with Crippen molar-refractivity contribution in [1.29, 1.82) is 0 Å². The Kier molecular flexibility index (Phi) is 7.21. The fourth-order valence-electron chi connectivity index (χ4n) is 5.10. The topological polar surface area (TPSA) is 37.3 Å². The summed E-state index contributed by atoms with van der Waals surface area (Å²) in [6, 6.07) is 27.1. The minimum absolute atomic E-state index is 0.0873. The predicted molar refractivity (Wildman–Crippen MR) is 144 cm³/mol. The highest BCUT2D eigenvalue weighted by Crippen LogP contribution is 2.26. The van der Waals surface area contributed by atoms with Crippen molar-refractivity contribution in [3.05, 3.63) is 106 Å². The number of carbonyl (C=O) groups is 1. The van der Waals surface area contributed by atoms with Crippen LogP contribution in [0.4, 0.5) is 0 Å². The number of aromatic nitrogens is 1. The zero-order valence-electron chi connectivity index (χ0n) is 20.2. The van der Waals surface area contributed by atoms with Gasteiger partial charge in [-0.3, -0.25) is 9.69 Å². The average Bonchev–Trinajstić information content (AvgIpc) is 3.22. The number of hydrogen-bond donors (Lipinski definition) is 1. The van der Waals surface area contributed by atoms with Gasteiger partial charge in [0.05, 0.1) is 0 Å². The number of benzene rings is 3. The Morgan fingerprint density at radius 3 is 2.37 bits per heavy atom. The third-order valence-electron chi connectivity index (χ3n) is 7.24. The van der Waals surface area contributed by atoms with E-state index in [0.29, 0.717) is 6.54 Å². The molecule has 4 aromatic rings. The van der Waals surface area contributed by atoms with Gasteiger partial charge in [-0.1, -0.05) is 72.3 Å². The van der Waals surface area contributed by atoms with Crippen LogP contribution in [0.25, 0.3) is 10.9 Å². The summed E-state index contributed by atoms with van der Waals surface area (Å²) < 4.78 is 2.39. The first-order valence-electron chi connectivity index (χ1n) is 12.4. The summed E-state index contributed by atoms with van der Waals surface area (Å²) in [5.41, 5.74) is 6.04. The molecular formula is C30H32ClN3O. The van der Waals surface area contributed by atoms with E-state index >= 15 is 0 Å². The van der Waals surface area contributed by atoms with Gasteiger partial charge in [0, 0.05) is 41.8 Å². The highest BCUT2D eigenvalue weighted by molar-refractivity contribution is 6.31. The maximum absolute atomic E-state index is 12.8. The van der Waals surface area contributed by atoms with Gasteiger partial charge < -0.3 is 9.88 Å². The van der Waals surface area contributed by atoms with Crippen molar-refractivity contribution in [2.45, 2.75) is 39.4 Å². The van der Waals surface area contributed by atoms with E-state index < -0.39 is 0 Å². The number of halogens is 1. The predicted octanol–water partition coefficient (Wildman–Crippen LogP) is 6.18. The number of nitrogens with one attached hydrogen (secondary N) is 1. The number of para-hydroxylation sites is 1. The quantitative estimate of drug-likeness (QED) is 0.339. The largest absolute Gasteiger partial charge is 0.352 e. The van der Waals surface area contributed by atoms with Gasteiger partial charge in [0.1, 0.15) is 0 Å². The summed E-state index contributed by atoms with van der Waals surface area (Å²) in [7, 11) is 0. The van der Waals surface area contributed by atoms with Crippen molar-refractivity contribution in [2.24, 2.45) is 5.92 Å². The minimum Gasteiger partial charge on any atom is -0.352 e. The summed E-state index contributed by atoms with van der Waals surface area (Å²) in [6.45, 7) is 6.17. The van der Waals surface area contributed by atoms with E-state index in [9.17, 15) is 4.79 Å². The highest BCUT2D eigenvalue weighted by atomic mass is 35.5. The van der Waals surface area contributed by atoms with Crippen molar-refractivity contribution in [2.75, 3.05) is 13.1 Å². The van der Waals surface area contributed by atoms with E-state index in [1.807, 2.05) is 30.3 Å². The number of aryl methyl sites for hydroxylation is 1. The fraction of sp³-hybridized carbons (Fsp3) is 0.300. The van der Waals surface area contributed by atoms with Crippen LogP contribution in [-0.4, -0.2) is 28.5 Å². The van der Waals surface area contributed by atoms with Gasteiger partial charge in [-0.05, 0) is 73.1 Å². The van der Waals surface area contributed by atoms with Crippen LogP contribution < -0.4 is 5.32 Å². The summed E-state index contributed by atoms with van der Waals surface area (Å²) in [4.78, 5) is 15.3. The van der Waals surface area contributed by atoms with Crippen LogP contribution >= 0.6 is 11.6 Å². The molecule has 1 N–H and O–H groups in total. The number of amides is 1. The molecule has 1 aromatic heterocycles. The Morgan fingerprint density at radius 1 is 0.914 bits per heavy atom. The zero-order valence-corrected chi connectivity index (χ0v) is 21.0. The Bertz CT molecular complexity index is 1320. The summed E-state index contributed by atoms with van der Waals surface area (Å²) in [5.74, 6) is 0.269. The summed E-state index contributed by atoms with van der Waals surface area (Å²) in [6.07, 6.45) is 1.79. The lowest BCUT2D eigenvalue weighted by molar-refractivity contribution is -0.126. The van der Waals surface area contributed by atoms with Gasteiger partial charge in [-0.25, -0.2) is 0 Å². The number of fused-ring (bicyclic) bond motifs is 1. The van der Waals surface area contributed by atoms with Gasteiger partial charge in [0.2, 0.25) is 5.91 Å². The summed E-state index contributed by atoms with van der Waals surface area (Å²) >= 11 is 6.49. The second-order valence-electron chi connectivity index (χ2n) is 9.57. The maximum atomic E-state index is 12.8. The van der Waals surface area contributed by atoms with Gasteiger partial charge in [0.15, 0.2) is 0 Å². The lowest BCUT2D eigenvalue weighted by Crippen LogP contribution is -2.40. The van der Waals surface area contributed by atoms with Crippen LogP contribution in [0.1, 0.15) is 35.2 Å². The number of likely N-dealkylation sites (tertiary alicyclic amines) is 1. The zero-order chi connectivity index (χ0) is 24.2. The monoisotopic (exact) mass is 485 g/mol. The molecule has 35 heavy (non-hydrogen) atoms. The van der Waals surface area contributed by atoms with Crippen molar-refractivity contribution >= 4 is 28.4 Å². The van der Waals surface area contributed by atoms with E-state index in [2.05, 4.69) is 70.2 Å². The van der Waals surface area contributed by atoms with Crippen LogP contribution in [0.5, 0.6) is 0 Å². The van der Waals surface area contributed by atoms with Crippen molar-refractivity contribution in [3.8, 4) is 0 Å². The molecule has 1 saturated heterocycles. The summed E-state index contributed by atoms with van der Waals surface area (Å²) in [5, 5.41) is 5.21. The molecule has 5 rings (SSSR count). The Hall–Kier alpha value is -3.08. The lowest BCUT2D eigenvalue weighted by atomic mass is 9.95. The molecule has 0 spiro atoms. The number of piperidine rings is 1. The number of carbonyl (C=O) groups excluding carboxylic acids is 1. The normalized spacial score (nSPS) is 14.9. The second-order valence-corrected chi connectivity index (χ2v) is 9.97. The molecule has 0 bridgehead atoms. The smallest absolute Gasteiger partial charge is 0.223 e. The molecule has 0 atom stereocenters. The molecule has 1 aliphatic rings. The molecule has 2 heterocycles. The molecule has 0 aliphatic carbocycles. The molecule has 0 radical (unpaired) electrons. The average molecular weight is 486 g/mol. The van der Waals surface area contributed by atoms with Gasteiger partial charge in [0.25, 0.3) is 0 Å². The van der Waals surface area contributed by atoms with E-state index in [1.54, 1.807) is 0 Å². The van der Waals surface area contributed by atoms with Crippen LogP contribution in [0.2, 0.25) is 5.02 Å². The minimum atomic E-state index is 0.0873. The van der Waals surface area contributed by atoms with Gasteiger partial charge in [-0.2, -0.15) is 0 Å². The molecule has 1 amide bonds. The number of nitrogens with zero attached hydrogens (tertiary/aromatic N) is 2. The molecule has 0 saturated carbocycles. The maximum Gasteiger partial charge on any atom is 0.223 e. The first-order chi connectivity index (χ1) is 17.1. The SMILES string of the molecule is Cc1ccccc1CNC(=O)C1CCN(Cc2cc3ccccc3n2Cc2ccccc2Cl)CC1. The van der Waals surface area contributed by atoms with Crippen LogP contribution in [0.15, 0.2) is 78.9 Å². The van der Waals surface area contributed by atoms with E-state index in [1.165, 1.54) is 27.7 Å². The van der Waals surface area contributed by atoms with E-state index in [4.69, 9.17) is 11.6 Å². The van der Waals surface area contributed by atoms with Crippen molar-refractivity contribution < 1.29 is 4.79 Å². The molecule has 0 unspecified atom stereocenters. The van der Waals surface area contributed by atoms with Crippen LogP contribution in [0, 0.1) is 12.8 Å². The molecule has 5 heteroatoms. The molecule has 1 fully saturated rings.